The minimum atomic E-state index is -4.08. The molecule has 1 aliphatic rings. The van der Waals surface area contributed by atoms with Crippen molar-refractivity contribution in [3.8, 4) is 0 Å². The molecule has 0 spiro atoms. The van der Waals surface area contributed by atoms with Crippen molar-refractivity contribution in [3.63, 3.8) is 0 Å². The van der Waals surface area contributed by atoms with Crippen LogP contribution in [0.3, 0.4) is 0 Å². The van der Waals surface area contributed by atoms with Crippen molar-refractivity contribution in [1.82, 2.24) is 15.2 Å². The number of likely N-dealkylation sites (tertiary alicyclic amines) is 1. The van der Waals surface area contributed by atoms with Gasteiger partial charge in [-0.1, -0.05) is 13.0 Å². The molecule has 3 nitrogen and oxygen atoms in total. The Labute approximate surface area is 123 Å². The van der Waals surface area contributed by atoms with E-state index in [1.165, 1.54) is 0 Å². The molecule has 1 aromatic rings. The molecule has 1 N–H and O–H groups in total. The summed E-state index contributed by atoms with van der Waals surface area (Å²) >= 11 is 0. The van der Waals surface area contributed by atoms with Gasteiger partial charge in [0.2, 0.25) is 0 Å². The van der Waals surface area contributed by atoms with E-state index in [0.717, 1.165) is 24.3 Å². The van der Waals surface area contributed by atoms with E-state index in [2.05, 4.69) is 10.3 Å². The maximum Gasteiger partial charge on any atom is 0.393 e. The first-order chi connectivity index (χ1) is 9.99. The molecule has 1 atom stereocenters. The third-order valence-corrected chi connectivity index (χ3v) is 3.82. The zero-order valence-electron chi connectivity index (χ0n) is 12.3. The molecule has 1 saturated heterocycles. The van der Waals surface area contributed by atoms with Gasteiger partial charge in [-0.05, 0) is 37.6 Å². The molecule has 1 unspecified atom stereocenters. The number of hydrogen-bond acceptors (Lipinski definition) is 3. The summed E-state index contributed by atoms with van der Waals surface area (Å²) in [7, 11) is 0. The second kappa shape index (κ2) is 7.22. The van der Waals surface area contributed by atoms with Gasteiger partial charge < -0.3 is 5.32 Å². The fraction of sp³-hybridized carbons (Fsp3) is 0.667. The first-order valence-electron chi connectivity index (χ1n) is 7.42. The normalized spacial score (nSPS) is 20.7. The van der Waals surface area contributed by atoms with E-state index in [9.17, 15) is 13.2 Å². The van der Waals surface area contributed by atoms with E-state index < -0.39 is 12.1 Å². The lowest BCUT2D eigenvalue weighted by molar-refractivity contribution is -0.187. The SMILES string of the molecule is CCNCc1ccc(CN2CCCC(C(F)(F)F)C2)nc1. The van der Waals surface area contributed by atoms with E-state index in [1.807, 2.05) is 24.0 Å². The minimum Gasteiger partial charge on any atom is -0.313 e. The molecule has 2 heterocycles. The van der Waals surface area contributed by atoms with Gasteiger partial charge >= 0.3 is 6.18 Å². The topological polar surface area (TPSA) is 28.2 Å². The summed E-state index contributed by atoms with van der Waals surface area (Å²) in [5.74, 6) is -1.20. The van der Waals surface area contributed by atoms with Crippen LogP contribution in [-0.2, 0) is 13.1 Å². The number of aromatic nitrogens is 1. The molecular weight excluding hydrogens is 279 g/mol. The van der Waals surface area contributed by atoms with Crippen molar-refractivity contribution in [2.24, 2.45) is 5.92 Å². The zero-order valence-corrected chi connectivity index (χ0v) is 12.3. The van der Waals surface area contributed by atoms with E-state index in [1.54, 1.807) is 6.20 Å². The van der Waals surface area contributed by atoms with Gasteiger partial charge in [0.15, 0.2) is 0 Å². The summed E-state index contributed by atoms with van der Waals surface area (Å²) in [5.41, 5.74) is 1.92. The maximum absolute atomic E-state index is 12.8. The van der Waals surface area contributed by atoms with Crippen molar-refractivity contribution < 1.29 is 13.2 Å². The lowest BCUT2D eigenvalue weighted by Gasteiger charge is -2.33. The number of pyridine rings is 1. The quantitative estimate of drug-likeness (QED) is 0.906. The number of nitrogens with one attached hydrogen (secondary N) is 1. The van der Waals surface area contributed by atoms with E-state index in [0.29, 0.717) is 19.5 Å². The fourth-order valence-corrected chi connectivity index (χ4v) is 2.62. The highest BCUT2D eigenvalue weighted by Crippen LogP contribution is 2.33. The Morgan fingerprint density at radius 2 is 2.19 bits per heavy atom. The van der Waals surface area contributed by atoms with E-state index in [-0.39, 0.29) is 13.0 Å². The Hall–Kier alpha value is -1.14. The smallest absolute Gasteiger partial charge is 0.313 e. The molecule has 0 aliphatic carbocycles. The molecule has 0 amide bonds. The number of hydrogen-bond donors (Lipinski definition) is 1. The van der Waals surface area contributed by atoms with Crippen LogP contribution in [0.1, 0.15) is 31.0 Å². The van der Waals surface area contributed by atoms with Gasteiger partial charge in [0.1, 0.15) is 0 Å². The Balaban J connectivity index is 1.89. The predicted octanol–water partition coefficient (Wildman–Crippen LogP) is 2.97. The second-order valence-corrected chi connectivity index (χ2v) is 5.55. The average Bonchev–Trinajstić information content (AvgIpc) is 2.46. The summed E-state index contributed by atoms with van der Waals surface area (Å²) in [6.07, 6.45) is -1.44. The molecule has 1 fully saturated rings. The van der Waals surface area contributed by atoms with Gasteiger partial charge in [-0.2, -0.15) is 13.2 Å². The molecule has 2 rings (SSSR count). The van der Waals surface area contributed by atoms with Gasteiger partial charge in [0.25, 0.3) is 0 Å². The van der Waals surface area contributed by atoms with Crippen LogP contribution in [0.25, 0.3) is 0 Å². The lowest BCUT2D eigenvalue weighted by Crippen LogP contribution is -2.41. The summed E-state index contributed by atoms with van der Waals surface area (Å²) in [6, 6.07) is 3.89. The van der Waals surface area contributed by atoms with Crippen LogP contribution in [0.2, 0.25) is 0 Å². The van der Waals surface area contributed by atoms with Gasteiger partial charge in [0, 0.05) is 25.8 Å². The largest absolute Gasteiger partial charge is 0.393 e. The highest BCUT2D eigenvalue weighted by atomic mass is 19.4. The van der Waals surface area contributed by atoms with Gasteiger partial charge in [-0.15, -0.1) is 0 Å². The third-order valence-electron chi connectivity index (χ3n) is 3.82. The predicted molar refractivity (Wildman–Crippen MR) is 75.7 cm³/mol. The van der Waals surface area contributed by atoms with Crippen molar-refractivity contribution in [2.45, 2.75) is 39.0 Å². The number of nitrogens with zero attached hydrogens (tertiary/aromatic N) is 2. The Bertz CT molecular complexity index is 431. The maximum atomic E-state index is 12.8. The summed E-state index contributed by atoms with van der Waals surface area (Å²) in [4.78, 5) is 6.21. The molecule has 21 heavy (non-hydrogen) atoms. The number of halogens is 3. The van der Waals surface area contributed by atoms with Crippen LogP contribution in [0, 0.1) is 5.92 Å². The summed E-state index contributed by atoms with van der Waals surface area (Å²) in [5, 5.41) is 3.21. The first kappa shape index (κ1) is 16.2. The molecule has 0 saturated carbocycles. The second-order valence-electron chi connectivity index (χ2n) is 5.55. The number of alkyl halides is 3. The standard InChI is InChI=1S/C15H22F3N3/c1-2-19-8-12-5-6-14(20-9-12)11-21-7-3-4-13(10-21)15(16,17)18/h5-6,9,13,19H,2-4,7-8,10-11H2,1H3. The number of rotatable bonds is 5. The van der Waals surface area contributed by atoms with Crippen LogP contribution in [0.15, 0.2) is 18.3 Å². The third kappa shape index (κ3) is 4.97. The Kier molecular flexibility index (Phi) is 5.58. The van der Waals surface area contributed by atoms with Crippen LogP contribution in [0.4, 0.5) is 13.2 Å². The molecule has 118 valence electrons. The first-order valence-corrected chi connectivity index (χ1v) is 7.42. The molecule has 0 bridgehead atoms. The van der Waals surface area contributed by atoms with E-state index in [4.69, 9.17) is 0 Å². The van der Waals surface area contributed by atoms with Crippen LogP contribution in [-0.4, -0.2) is 35.7 Å². The van der Waals surface area contributed by atoms with E-state index >= 15 is 0 Å². The van der Waals surface area contributed by atoms with Gasteiger partial charge in [0.05, 0.1) is 11.6 Å². The van der Waals surface area contributed by atoms with Crippen LogP contribution in [0.5, 0.6) is 0 Å². The highest BCUT2D eigenvalue weighted by molar-refractivity contribution is 5.14. The van der Waals surface area contributed by atoms with Gasteiger partial charge in [-0.3, -0.25) is 9.88 Å². The summed E-state index contributed by atoms with van der Waals surface area (Å²) in [6.45, 7) is 5.00. The fourth-order valence-electron chi connectivity index (χ4n) is 2.62. The van der Waals surface area contributed by atoms with Crippen LogP contribution < -0.4 is 5.32 Å². The van der Waals surface area contributed by atoms with Crippen LogP contribution >= 0.6 is 0 Å². The molecule has 1 aliphatic heterocycles. The Morgan fingerprint density at radius 3 is 2.81 bits per heavy atom. The molecule has 6 heteroatoms. The Morgan fingerprint density at radius 1 is 1.38 bits per heavy atom. The monoisotopic (exact) mass is 301 g/mol. The van der Waals surface area contributed by atoms with Crippen molar-refractivity contribution in [1.29, 1.82) is 0 Å². The number of piperidine rings is 1. The van der Waals surface area contributed by atoms with Crippen molar-refractivity contribution in [2.75, 3.05) is 19.6 Å². The highest BCUT2D eigenvalue weighted by Gasteiger charge is 2.41. The lowest BCUT2D eigenvalue weighted by atomic mass is 9.97. The van der Waals surface area contributed by atoms with Gasteiger partial charge in [-0.25, -0.2) is 0 Å². The molecule has 1 aromatic heterocycles. The zero-order chi connectivity index (χ0) is 15.3. The van der Waals surface area contributed by atoms with Crippen molar-refractivity contribution in [3.05, 3.63) is 29.6 Å². The summed E-state index contributed by atoms with van der Waals surface area (Å²) < 4.78 is 38.3. The molecule has 0 radical (unpaired) electrons. The average molecular weight is 301 g/mol. The van der Waals surface area contributed by atoms with Crippen molar-refractivity contribution >= 4 is 0 Å². The minimum absolute atomic E-state index is 0.0876. The molecule has 0 aromatic carbocycles. The molecular formula is C15H22F3N3.